The summed E-state index contributed by atoms with van der Waals surface area (Å²) >= 11 is 1.55. The standard InChI is InChI=1S/C22H23N5O4S/c1-11(19-6-7-20(32-19)15-9-16(22(28)29)27(3)26-15)23-21-13-8-17(30-4)18(31-5)10-14(13)24-12(2)25-21/h6-11H,1-5H3,(H,28,29)(H,23,24,25). The van der Waals surface area contributed by atoms with E-state index in [9.17, 15) is 9.90 Å². The Hall–Kier alpha value is -3.66. The van der Waals surface area contributed by atoms with E-state index in [2.05, 4.69) is 20.4 Å². The van der Waals surface area contributed by atoms with Crippen LogP contribution < -0.4 is 14.8 Å². The third-order valence-corrected chi connectivity index (χ3v) is 6.36. The van der Waals surface area contributed by atoms with Crippen molar-refractivity contribution < 1.29 is 19.4 Å². The second-order valence-corrected chi connectivity index (χ2v) is 8.37. The van der Waals surface area contributed by atoms with Crippen molar-refractivity contribution in [1.29, 1.82) is 0 Å². The highest BCUT2D eigenvalue weighted by atomic mass is 32.1. The van der Waals surface area contributed by atoms with E-state index < -0.39 is 5.97 Å². The molecule has 166 valence electrons. The monoisotopic (exact) mass is 453 g/mol. The number of rotatable bonds is 7. The molecule has 0 aliphatic heterocycles. The van der Waals surface area contributed by atoms with Gasteiger partial charge in [-0.05, 0) is 38.1 Å². The van der Waals surface area contributed by atoms with E-state index in [0.29, 0.717) is 28.8 Å². The molecule has 0 saturated heterocycles. The average Bonchev–Trinajstić information content (AvgIpc) is 3.39. The zero-order chi connectivity index (χ0) is 23.0. The van der Waals surface area contributed by atoms with Crippen LogP contribution >= 0.6 is 11.3 Å². The minimum Gasteiger partial charge on any atom is -0.493 e. The first kappa shape index (κ1) is 21.6. The summed E-state index contributed by atoms with van der Waals surface area (Å²) in [5.74, 6) is 1.54. The molecule has 0 fully saturated rings. The zero-order valence-electron chi connectivity index (χ0n) is 18.3. The van der Waals surface area contributed by atoms with Gasteiger partial charge in [0.15, 0.2) is 11.5 Å². The normalized spacial score (nSPS) is 12.0. The SMILES string of the molecule is COc1cc2nc(C)nc(NC(C)c3ccc(-c4cc(C(=O)O)n(C)n4)s3)c2cc1OC. The Kier molecular flexibility index (Phi) is 5.70. The van der Waals surface area contributed by atoms with Gasteiger partial charge in [-0.2, -0.15) is 5.10 Å². The van der Waals surface area contributed by atoms with Crippen LogP contribution in [0.15, 0.2) is 30.3 Å². The summed E-state index contributed by atoms with van der Waals surface area (Å²) in [5, 5.41) is 17.9. The van der Waals surface area contributed by atoms with Gasteiger partial charge in [-0.15, -0.1) is 11.3 Å². The number of nitrogens with zero attached hydrogens (tertiary/aromatic N) is 4. The minimum absolute atomic E-state index is 0.0537. The summed E-state index contributed by atoms with van der Waals surface area (Å²) in [4.78, 5) is 22.4. The topological polar surface area (TPSA) is 111 Å². The van der Waals surface area contributed by atoms with Gasteiger partial charge in [0.05, 0.1) is 30.7 Å². The molecule has 9 nitrogen and oxygen atoms in total. The number of aryl methyl sites for hydroxylation is 2. The van der Waals surface area contributed by atoms with Gasteiger partial charge < -0.3 is 19.9 Å². The maximum Gasteiger partial charge on any atom is 0.354 e. The van der Waals surface area contributed by atoms with Gasteiger partial charge in [-0.3, -0.25) is 4.68 Å². The van der Waals surface area contributed by atoms with Crippen LogP contribution in [0.1, 0.15) is 34.2 Å². The predicted molar refractivity (Wildman–Crippen MR) is 123 cm³/mol. The lowest BCUT2D eigenvalue weighted by atomic mass is 10.2. The molecule has 3 heterocycles. The Morgan fingerprint density at radius 2 is 1.88 bits per heavy atom. The smallest absolute Gasteiger partial charge is 0.354 e. The summed E-state index contributed by atoms with van der Waals surface area (Å²) in [6, 6.07) is 9.18. The number of hydrogen-bond acceptors (Lipinski definition) is 8. The Morgan fingerprint density at radius 1 is 1.16 bits per heavy atom. The van der Waals surface area contributed by atoms with Crippen LogP contribution in [0.4, 0.5) is 5.82 Å². The van der Waals surface area contributed by atoms with Crippen LogP contribution in [0, 0.1) is 6.92 Å². The first-order valence-corrected chi connectivity index (χ1v) is 10.7. The van der Waals surface area contributed by atoms with E-state index in [-0.39, 0.29) is 11.7 Å². The van der Waals surface area contributed by atoms with Gasteiger partial charge >= 0.3 is 5.97 Å². The molecule has 3 aromatic heterocycles. The summed E-state index contributed by atoms with van der Waals surface area (Å²) < 4.78 is 12.2. The minimum atomic E-state index is -1.00. The second kappa shape index (κ2) is 8.46. The average molecular weight is 454 g/mol. The highest BCUT2D eigenvalue weighted by Gasteiger charge is 2.18. The second-order valence-electron chi connectivity index (χ2n) is 7.26. The van der Waals surface area contributed by atoms with Crippen molar-refractivity contribution in [3.8, 4) is 22.1 Å². The lowest BCUT2D eigenvalue weighted by Gasteiger charge is -2.16. The molecule has 1 atom stereocenters. The number of fused-ring (bicyclic) bond motifs is 1. The van der Waals surface area contributed by atoms with Crippen LogP contribution in [0.25, 0.3) is 21.5 Å². The van der Waals surface area contributed by atoms with E-state index in [4.69, 9.17) is 9.47 Å². The van der Waals surface area contributed by atoms with Crippen LogP contribution in [-0.2, 0) is 7.05 Å². The summed E-state index contributed by atoms with van der Waals surface area (Å²) in [7, 11) is 4.81. The largest absolute Gasteiger partial charge is 0.493 e. The summed E-state index contributed by atoms with van der Waals surface area (Å²) in [6.45, 7) is 3.89. The van der Waals surface area contributed by atoms with Gasteiger partial charge in [-0.25, -0.2) is 14.8 Å². The molecule has 0 radical (unpaired) electrons. The molecule has 10 heteroatoms. The molecule has 0 bridgehead atoms. The van der Waals surface area contributed by atoms with Crippen LogP contribution in [-0.4, -0.2) is 45.0 Å². The van der Waals surface area contributed by atoms with Gasteiger partial charge in [-0.1, -0.05) is 0 Å². The number of aromatic nitrogens is 4. The van der Waals surface area contributed by atoms with Gasteiger partial charge in [0, 0.05) is 23.4 Å². The number of methoxy groups -OCH3 is 2. The number of thiophene rings is 1. The van der Waals surface area contributed by atoms with Gasteiger partial charge in [0.25, 0.3) is 0 Å². The number of nitrogens with one attached hydrogen (secondary N) is 1. The zero-order valence-corrected chi connectivity index (χ0v) is 19.1. The van der Waals surface area contributed by atoms with Crippen molar-refractivity contribution in [2.24, 2.45) is 7.05 Å². The Bertz CT molecular complexity index is 1310. The molecule has 1 unspecified atom stereocenters. The van der Waals surface area contributed by atoms with Crippen molar-refractivity contribution in [2.75, 3.05) is 19.5 Å². The third kappa shape index (κ3) is 3.96. The molecule has 4 aromatic rings. The lowest BCUT2D eigenvalue weighted by molar-refractivity contribution is 0.0685. The van der Waals surface area contributed by atoms with Crippen LogP contribution in [0.2, 0.25) is 0 Å². The molecule has 0 spiro atoms. The highest BCUT2D eigenvalue weighted by molar-refractivity contribution is 7.15. The summed E-state index contributed by atoms with van der Waals surface area (Å²) in [5.41, 5.74) is 1.54. The Morgan fingerprint density at radius 3 is 2.53 bits per heavy atom. The van der Waals surface area contributed by atoms with E-state index in [0.717, 1.165) is 20.7 Å². The molecule has 0 aliphatic carbocycles. The van der Waals surface area contributed by atoms with E-state index >= 15 is 0 Å². The number of carboxylic acids is 1. The number of carboxylic acid groups (broad SMARTS) is 1. The molecular weight excluding hydrogens is 430 g/mol. The van der Waals surface area contributed by atoms with E-state index in [1.807, 2.05) is 38.1 Å². The summed E-state index contributed by atoms with van der Waals surface area (Å²) in [6.07, 6.45) is 0. The highest BCUT2D eigenvalue weighted by Crippen LogP contribution is 2.36. The van der Waals surface area contributed by atoms with E-state index in [1.165, 1.54) is 4.68 Å². The maximum atomic E-state index is 11.3. The van der Waals surface area contributed by atoms with Gasteiger partial charge in [0.1, 0.15) is 23.0 Å². The van der Waals surface area contributed by atoms with Crippen molar-refractivity contribution >= 4 is 34.0 Å². The predicted octanol–water partition coefficient (Wildman–Crippen LogP) is 4.29. The van der Waals surface area contributed by atoms with Crippen molar-refractivity contribution in [1.82, 2.24) is 19.7 Å². The third-order valence-electron chi connectivity index (χ3n) is 5.07. The maximum absolute atomic E-state index is 11.3. The fourth-order valence-electron chi connectivity index (χ4n) is 3.47. The fourth-order valence-corrected chi connectivity index (χ4v) is 4.44. The molecule has 0 aliphatic rings. The molecule has 1 aromatic carbocycles. The van der Waals surface area contributed by atoms with Crippen molar-refractivity contribution in [3.63, 3.8) is 0 Å². The Labute approximate surface area is 188 Å². The number of aromatic carboxylic acids is 1. The number of hydrogen-bond donors (Lipinski definition) is 2. The van der Waals surface area contributed by atoms with Crippen molar-refractivity contribution in [2.45, 2.75) is 19.9 Å². The van der Waals surface area contributed by atoms with Gasteiger partial charge in [0.2, 0.25) is 0 Å². The number of benzene rings is 1. The first-order chi connectivity index (χ1) is 15.3. The fraction of sp³-hybridized carbons (Fsp3) is 0.273. The molecule has 0 amide bonds. The quantitative estimate of drug-likeness (QED) is 0.426. The Balaban J connectivity index is 1.65. The number of ether oxygens (including phenoxy) is 2. The molecule has 2 N–H and O–H groups in total. The molecule has 4 rings (SSSR count). The molecular formula is C22H23N5O4S. The molecule has 32 heavy (non-hydrogen) atoms. The first-order valence-electron chi connectivity index (χ1n) is 9.85. The number of carbonyl (C=O) groups is 1. The molecule has 0 saturated carbocycles. The van der Waals surface area contributed by atoms with Crippen LogP contribution in [0.5, 0.6) is 11.5 Å². The van der Waals surface area contributed by atoms with Crippen molar-refractivity contribution in [3.05, 3.63) is 46.7 Å². The lowest BCUT2D eigenvalue weighted by Crippen LogP contribution is -2.08. The number of anilines is 1. The van der Waals surface area contributed by atoms with Crippen LogP contribution in [0.3, 0.4) is 0 Å². The van der Waals surface area contributed by atoms with E-state index in [1.54, 1.807) is 38.7 Å².